The number of carbonyl (C=O) groups is 4. The number of para-hydroxylation sites is 2. The molecule has 0 spiro atoms. The summed E-state index contributed by atoms with van der Waals surface area (Å²) < 4.78 is 11.4. The van der Waals surface area contributed by atoms with Crippen LogP contribution in [0.2, 0.25) is 0 Å². The molecule has 6 heteroatoms. The molecule has 0 aliphatic rings. The van der Waals surface area contributed by atoms with Gasteiger partial charge in [-0.2, -0.15) is 0 Å². The van der Waals surface area contributed by atoms with E-state index >= 15 is 0 Å². The highest BCUT2D eigenvalue weighted by Gasteiger charge is 2.23. The van der Waals surface area contributed by atoms with E-state index in [-0.39, 0.29) is 22.3 Å². The molecule has 194 valence electrons. The lowest BCUT2D eigenvalue weighted by Gasteiger charge is -2.07. The van der Waals surface area contributed by atoms with Crippen LogP contribution in [0.15, 0.2) is 133 Å². The van der Waals surface area contributed by atoms with Crippen LogP contribution < -0.4 is 9.47 Å². The molecule has 0 aromatic heterocycles. The number of hydrogen-bond donors (Lipinski definition) is 0. The molecule has 0 radical (unpaired) electrons. The minimum atomic E-state index is -0.791. The van der Waals surface area contributed by atoms with Crippen LogP contribution in [0.3, 0.4) is 0 Å². The predicted octanol–water partition coefficient (Wildman–Crippen LogP) is 7.40. The third-order valence-electron chi connectivity index (χ3n) is 5.99. The molecule has 5 aromatic rings. The zero-order valence-corrected chi connectivity index (χ0v) is 21.2. The van der Waals surface area contributed by atoms with Gasteiger partial charge in [0, 0.05) is 22.3 Å². The highest BCUT2D eigenvalue weighted by atomic mass is 16.5. The van der Waals surface area contributed by atoms with Gasteiger partial charge in [-0.15, -0.1) is 0 Å². The summed E-state index contributed by atoms with van der Waals surface area (Å²) in [6.07, 6.45) is 0. The predicted molar refractivity (Wildman–Crippen MR) is 150 cm³/mol. The maximum Gasteiger partial charge on any atom is 0.233 e. The fourth-order valence-corrected chi connectivity index (χ4v) is 3.92. The lowest BCUT2D eigenvalue weighted by molar-refractivity contribution is 0.0812. The molecular weight excluding hydrogens is 504 g/mol. The van der Waals surface area contributed by atoms with Gasteiger partial charge in [0.15, 0.2) is 0 Å². The summed E-state index contributed by atoms with van der Waals surface area (Å²) in [5, 5.41) is 0. The minimum absolute atomic E-state index is 0.0138. The molecule has 0 N–H and O–H groups in total. The lowest BCUT2D eigenvalue weighted by Crippen LogP contribution is -2.17. The van der Waals surface area contributed by atoms with E-state index in [1.165, 1.54) is 48.5 Å². The Morgan fingerprint density at radius 1 is 0.325 bits per heavy atom. The molecule has 0 atom stereocenters. The van der Waals surface area contributed by atoms with Gasteiger partial charge in [-0.3, -0.25) is 19.2 Å². The van der Waals surface area contributed by atoms with E-state index in [2.05, 4.69) is 0 Å². The molecule has 0 saturated heterocycles. The fourth-order valence-electron chi connectivity index (χ4n) is 3.92. The monoisotopic (exact) mass is 526 g/mol. The molecule has 0 unspecified atom stereocenters. The molecule has 6 nitrogen and oxygen atoms in total. The van der Waals surface area contributed by atoms with E-state index in [4.69, 9.17) is 9.47 Å². The van der Waals surface area contributed by atoms with E-state index in [1.54, 1.807) is 48.5 Å². The molecule has 0 bridgehead atoms. The first-order valence-electron chi connectivity index (χ1n) is 12.4. The van der Waals surface area contributed by atoms with Crippen molar-refractivity contribution in [1.29, 1.82) is 0 Å². The van der Waals surface area contributed by atoms with Crippen molar-refractivity contribution in [3.8, 4) is 23.0 Å². The van der Waals surface area contributed by atoms with Crippen LogP contribution in [0.1, 0.15) is 41.4 Å². The van der Waals surface area contributed by atoms with Crippen molar-refractivity contribution in [2.45, 2.75) is 0 Å². The second kappa shape index (κ2) is 11.8. The SMILES string of the molecule is O=C(C(=O)c1cccc(C(=O)C(=O)c2ccc(Oc3ccccc3)cc2)c1)c1ccc(Oc2ccccc2)cc1. The number of ketones is 4. The van der Waals surface area contributed by atoms with Crippen LogP contribution >= 0.6 is 0 Å². The normalized spacial score (nSPS) is 10.4. The molecule has 5 rings (SSSR count). The summed E-state index contributed by atoms with van der Waals surface area (Å²) in [7, 11) is 0. The van der Waals surface area contributed by atoms with Crippen molar-refractivity contribution in [2.24, 2.45) is 0 Å². The third kappa shape index (κ3) is 6.09. The number of carbonyl (C=O) groups excluding carboxylic acids is 4. The molecule has 0 aliphatic carbocycles. The highest BCUT2D eigenvalue weighted by molar-refractivity contribution is 6.51. The number of Topliss-reactive ketones (excluding diaryl/α,β-unsaturated/α-hetero) is 4. The second-order valence-corrected chi connectivity index (χ2v) is 8.78. The van der Waals surface area contributed by atoms with Crippen LogP contribution in [-0.2, 0) is 0 Å². The molecule has 5 aromatic carbocycles. The molecule has 0 saturated carbocycles. The van der Waals surface area contributed by atoms with Crippen molar-refractivity contribution in [1.82, 2.24) is 0 Å². The van der Waals surface area contributed by atoms with Crippen molar-refractivity contribution in [3.05, 3.63) is 156 Å². The molecule has 0 fully saturated rings. The van der Waals surface area contributed by atoms with Gasteiger partial charge < -0.3 is 9.47 Å². The fraction of sp³-hybridized carbons (Fsp3) is 0. The molecule has 0 amide bonds. The van der Waals surface area contributed by atoms with Crippen LogP contribution in [0, 0.1) is 0 Å². The van der Waals surface area contributed by atoms with Crippen molar-refractivity contribution < 1.29 is 28.7 Å². The minimum Gasteiger partial charge on any atom is -0.457 e. The van der Waals surface area contributed by atoms with Crippen LogP contribution in [0.5, 0.6) is 23.0 Å². The summed E-state index contributed by atoms with van der Waals surface area (Å²) in [6, 6.07) is 36.3. The smallest absolute Gasteiger partial charge is 0.233 e. The first-order valence-corrected chi connectivity index (χ1v) is 12.4. The quantitative estimate of drug-likeness (QED) is 0.139. The standard InChI is InChI=1S/C34H22O6/c35-31(23-14-18-29(19-15-23)39-27-10-3-1-4-11-27)33(37)25-8-7-9-26(22-25)34(38)32(36)24-16-20-30(21-17-24)40-28-12-5-2-6-13-28/h1-22H. The first-order chi connectivity index (χ1) is 19.5. The molecule has 0 heterocycles. The topological polar surface area (TPSA) is 86.7 Å². The van der Waals surface area contributed by atoms with Crippen molar-refractivity contribution in [3.63, 3.8) is 0 Å². The highest BCUT2D eigenvalue weighted by Crippen LogP contribution is 2.23. The van der Waals surface area contributed by atoms with Gasteiger partial charge in [0.25, 0.3) is 0 Å². The van der Waals surface area contributed by atoms with Gasteiger partial charge in [-0.1, -0.05) is 54.6 Å². The Morgan fingerprint density at radius 2 is 0.650 bits per heavy atom. The Morgan fingerprint density at radius 3 is 1.02 bits per heavy atom. The van der Waals surface area contributed by atoms with Gasteiger partial charge in [-0.05, 0) is 78.9 Å². The average molecular weight is 527 g/mol. The van der Waals surface area contributed by atoms with E-state index < -0.39 is 23.1 Å². The Bertz CT molecular complexity index is 1550. The van der Waals surface area contributed by atoms with Crippen molar-refractivity contribution >= 4 is 23.1 Å². The molecule has 0 aliphatic heterocycles. The summed E-state index contributed by atoms with van der Waals surface area (Å²) in [4.78, 5) is 51.6. The Balaban J connectivity index is 1.25. The van der Waals surface area contributed by atoms with Crippen LogP contribution in [0.25, 0.3) is 0 Å². The van der Waals surface area contributed by atoms with Crippen LogP contribution in [-0.4, -0.2) is 23.1 Å². The van der Waals surface area contributed by atoms with Crippen LogP contribution in [0.4, 0.5) is 0 Å². The molecular formula is C34H22O6. The summed E-state index contributed by atoms with van der Waals surface area (Å²) in [6.45, 7) is 0. The van der Waals surface area contributed by atoms with E-state index in [1.807, 2.05) is 36.4 Å². The maximum atomic E-state index is 12.9. The first kappa shape index (κ1) is 26.0. The zero-order chi connectivity index (χ0) is 27.9. The Kier molecular flexibility index (Phi) is 7.69. The van der Waals surface area contributed by atoms with Crippen molar-refractivity contribution in [2.75, 3.05) is 0 Å². The van der Waals surface area contributed by atoms with Gasteiger partial charge in [0.1, 0.15) is 23.0 Å². The third-order valence-corrected chi connectivity index (χ3v) is 5.99. The summed E-state index contributed by atoms with van der Waals surface area (Å²) in [5.74, 6) is -0.743. The number of hydrogen-bond acceptors (Lipinski definition) is 6. The summed E-state index contributed by atoms with van der Waals surface area (Å²) >= 11 is 0. The maximum absolute atomic E-state index is 12.9. The Labute approximate surface area is 230 Å². The van der Waals surface area contributed by atoms with Gasteiger partial charge in [0.2, 0.25) is 23.1 Å². The Hall–Kier alpha value is -5.62. The van der Waals surface area contributed by atoms with Gasteiger partial charge >= 0.3 is 0 Å². The van der Waals surface area contributed by atoms with Gasteiger partial charge in [-0.25, -0.2) is 0 Å². The number of benzene rings is 5. The lowest BCUT2D eigenvalue weighted by atomic mass is 9.96. The average Bonchev–Trinajstić information content (AvgIpc) is 3.01. The zero-order valence-electron chi connectivity index (χ0n) is 21.2. The van der Waals surface area contributed by atoms with E-state index in [0.717, 1.165) is 0 Å². The second-order valence-electron chi connectivity index (χ2n) is 8.78. The summed E-state index contributed by atoms with van der Waals surface area (Å²) in [5.41, 5.74) is 0.381. The van der Waals surface area contributed by atoms with E-state index in [0.29, 0.717) is 23.0 Å². The van der Waals surface area contributed by atoms with Gasteiger partial charge in [0.05, 0.1) is 0 Å². The largest absolute Gasteiger partial charge is 0.457 e. The molecule has 40 heavy (non-hydrogen) atoms. The number of ether oxygens (including phenoxy) is 2. The number of rotatable bonds is 10. The van der Waals surface area contributed by atoms with E-state index in [9.17, 15) is 19.2 Å².